The molecule has 9 heteroatoms. The van der Waals surface area contributed by atoms with Crippen LogP contribution in [0.25, 0.3) is 33.4 Å². The van der Waals surface area contributed by atoms with Gasteiger partial charge >= 0.3 is 0 Å². The fraction of sp³-hybridized carbons (Fsp3) is 0.308. The summed E-state index contributed by atoms with van der Waals surface area (Å²) in [5.74, 6) is 2.78. The molecule has 180 valence electrons. The molecule has 6 rings (SSSR count). The first-order chi connectivity index (χ1) is 16.6. The number of fused-ring (bicyclic) bond motifs is 3. The van der Waals surface area contributed by atoms with E-state index in [1.165, 1.54) is 5.56 Å². The maximum absolute atomic E-state index is 4.34. The van der Waals surface area contributed by atoms with Crippen LogP contribution in [0.5, 0.6) is 0 Å². The highest BCUT2D eigenvalue weighted by Gasteiger charge is 2.04. The van der Waals surface area contributed by atoms with Gasteiger partial charge in [-0.15, -0.1) is 0 Å². The van der Waals surface area contributed by atoms with Crippen molar-refractivity contribution in [2.75, 3.05) is 0 Å². The van der Waals surface area contributed by atoms with E-state index in [1.807, 2.05) is 66.8 Å². The minimum Gasteiger partial charge on any atom is -0.342 e. The highest BCUT2D eigenvalue weighted by molar-refractivity contribution is 5.77. The van der Waals surface area contributed by atoms with Crippen LogP contribution in [-0.4, -0.2) is 44.9 Å². The standard InChI is InChI=1S/2C9H11N3.C8H9N3/c1-5-4-8-9(6(2)10-5)12-7(3)11-8;1-5-4-6(2)10-9-8(5)11-7(3)12-9;1-5-3-7-8(9-4-5)11-6(2)10-7/h4H,1-3H3,(H,11,12);4H,1-3H3,(H,10,11,12);3-4H,1-2H3,(H,9,10,11). The van der Waals surface area contributed by atoms with Crippen molar-refractivity contribution in [2.45, 2.75) is 55.4 Å². The van der Waals surface area contributed by atoms with Gasteiger partial charge in [-0.3, -0.25) is 4.98 Å². The number of hydrogen-bond acceptors (Lipinski definition) is 6. The van der Waals surface area contributed by atoms with Crippen LogP contribution in [0, 0.1) is 55.4 Å². The number of aromatic nitrogens is 9. The van der Waals surface area contributed by atoms with E-state index in [9.17, 15) is 0 Å². The maximum atomic E-state index is 4.34. The number of pyridine rings is 3. The van der Waals surface area contributed by atoms with Gasteiger partial charge in [0.05, 0.1) is 22.2 Å². The van der Waals surface area contributed by atoms with Gasteiger partial charge in [-0.25, -0.2) is 24.9 Å². The fourth-order valence-corrected chi connectivity index (χ4v) is 3.99. The molecular formula is C26H31N9. The summed E-state index contributed by atoms with van der Waals surface area (Å²) in [4.78, 5) is 35.1. The van der Waals surface area contributed by atoms with Crippen molar-refractivity contribution < 1.29 is 0 Å². The average molecular weight is 470 g/mol. The van der Waals surface area contributed by atoms with Gasteiger partial charge in [0.25, 0.3) is 0 Å². The molecule has 35 heavy (non-hydrogen) atoms. The molecule has 0 amide bonds. The predicted molar refractivity (Wildman–Crippen MR) is 140 cm³/mol. The molecule has 0 spiro atoms. The molecule has 0 aliphatic carbocycles. The van der Waals surface area contributed by atoms with E-state index in [0.29, 0.717) is 0 Å². The summed E-state index contributed by atoms with van der Waals surface area (Å²) in [5.41, 5.74) is 11.2. The van der Waals surface area contributed by atoms with E-state index in [2.05, 4.69) is 57.8 Å². The SMILES string of the molecule is Cc1cc(C)c2[nH]c(C)nc2n1.Cc1cc2[nH]c(C)nc2c(C)n1.Cc1cnc2nc(C)[nH]c2c1. The lowest BCUT2D eigenvalue weighted by molar-refractivity contribution is 1.13. The van der Waals surface area contributed by atoms with Crippen molar-refractivity contribution in [2.24, 2.45) is 0 Å². The maximum Gasteiger partial charge on any atom is 0.178 e. The number of aromatic amines is 3. The van der Waals surface area contributed by atoms with Crippen LogP contribution in [0.3, 0.4) is 0 Å². The number of nitrogens with zero attached hydrogens (tertiary/aromatic N) is 6. The fourth-order valence-electron chi connectivity index (χ4n) is 3.99. The van der Waals surface area contributed by atoms with Gasteiger partial charge in [-0.1, -0.05) is 0 Å². The molecule has 0 atom stereocenters. The first-order valence-electron chi connectivity index (χ1n) is 11.5. The Bertz CT molecular complexity index is 1550. The second kappa shape index (κ2) is 9.61. The summed E-state index contributed by atoms with van der Waals surface area (Å²) in [6, 6.07) is 6.12. The van der Waals surface area contributed by atoms with Crippen molar-refractivity contribution in [1.82, 2.24) is 44.9 Å². The van der Waals surface area contributed by atoms with Crippen LogP contribution in [0.2, 0.25) is 0 Å². The van der Waals surface area contributed by atoms with Gasteiger partial charge in [0.2, 0.25) is 0 Å². The molecule has 0 saturated carbocycles. The Morgan fingerprint density at radius 1 is 0.571 bits per heavy atom. The second-order valence-electron chi connectivity index (χ2n) is 8.87. The molecule has 0 unspecified atom stereocenters. The average Bonchev–Trinajstić information content (AvgIpc) is 3.43. The van der Waals surface area contributed by atoms with E-state index >= 15 is 0 Å². The molecule has 0 aliphatic heterocycles. The highest BCUT2D eigenvalue weighted by atomic mass is 15.0. The van der Waals surface area contributed by atoms with Gasteiger partial charge in [0, 0.05) is 17.6 Å². The molecule has 0 aliphatic rings. The summed E-state index contributed by atoms with van der Waals surface area (Å²) < 4.78 is 0. The molecule has 0 fully saturated rings. The van der Waals surface area contributed by atoms with Gasteiger partial charge in [-0.2, -0.15) is 0 Å². The molecule has 0 bridgehead atoms. The van der Waals surface area contributed by atoms with E-state index < -0.39 is 0 Å². The number of rotatable bonds is 0. The predicted octanol–water partition coefficient (Wildman–Crippen LogP) is 5.34. The highest BCUT2D eigenvalue weighted by Crippen LogP contribution is 2.15. The Balaban J connectivity index is 0.000000124. The van der Waals surface area contributed by atoms with Crippen LogP contribution in [0.4, 0.5) is 0 Å². The summed E-state index contributed by atoms with van der Waals surface area (Å²) in [6.07, 6.45) is 1.82. The topological polar surface area (TPSA) is 125 Å². The quantitative estimate of drug-likeness (QED) is 0.276. The minimum atomic E-state index is 0.799. The Morgan fingerprint density at radius 3 is 1.97 bits per heavy atom. The van der Waals surface area contributed by atoms with E-state index in [1.54, 1.807) is 0 Å². The van der Waals surface area contributed by atoms with Crippen LogP contribution < -0.4 is 0 Å². The largest absolute Gasteiger partial charge is 0.342 e. The lowest BCUT2D eigenvalue weighted by Crippen LogP contribution is -1.86. The van der Waals surface area contributed by atoms with Crippen molar-refractivity contribution in [3.8, 4) is 0 Å². The Labute approximate surface area is 203 Å². The number of H-pyrrole nitrogens is 3. The third-order valence-corrected chi connectivity index (χ3v) is 5.39. The smallest absolute Gasteiger partial charge is 0.178 e. The molecule has 6 aromatic heterocycles. The van der Waals surface area contributed by atoms with Gasteiger partial charge < -0.3 is 15.0 Å². The lowest BCUT2D eigenvalue weighted by atomic mass is 10.2. The van der Waals surface area contributed by atoms with Gasteiger partial charge in [-0.05, 0) is 84.7 Å². The zero-order chi connectivity index (χ0) is 25.3. The molecule has 0 radical (unpaired) electrons. The Morgan fingerprint density at radius 2 is 1.20 bits per heavy atom. The third-order valence-electron chi connectivity index (χ3n) is 5.39. The van der Waals surface area contributed by atoms with Gasteiger partial charge in [0.1, 0.15) is 23.0 Å². The third kappa shape index (κ3) is 5.51. The summed E-state index contributed by atoms with van der Waals surface area (Å²) >= 11 is 0. The minimum absolute atomic E-state index is 0.799. The number of hydrogen-bond donors (Lipinski definition) is 3. The molecule has 0 aromatic carbocycles. The van der Waals surface area contributed by atoms with E-state index in [0.717, 1.165) is 73.5 Å². The monoisotopic (exact) mass is 469 g/mol. The van der Waals surface area contributed by atoms with Crippen LogP contribution in [0.15, 0.2) is 24.4 Å². The summed E-state index contributed by atoms with van der Waals surface area (Å²) in [7, 11) is 0. The zero-order valence-corrected chi connectivity index (χ0v) is 21.5. The molecule has 6 heterocycles. The van der Waals surface area contributed by atoms with Crippen LogP contribution in [-0.2, 0) is 0 Å². The summed E-state index contributed by atoms with van der Waals surface area (Å²) in [6.45, 7) is 15.9. The normalized spacial score (nSPS) is 10.9. The molecular weight excluding hydrogens is 438 g/mol. The van der Waals surface area contributed by atoms with Crippen molar-refractivity contribution in [3.63, 3.8) is 0 Å². The molecule has 6 aromatic rings. The molecule has 3 N–H and O–H groups in total. The Kier molecular flexibility index (Phi) is 6.59. The number of aryl methyl sites for hydroxylation is 8. The van der Waals surface area contributed by atoms with Gasteiger partial charge in [0.15, 0.2) is 11.3 Å². The second-order valence-corrected chi connectivity index (χ2v) is 8.87. The van der Waals surface area contributed by atoms with Crippen LogP contribution in [0.1, 0.15) is 45.7 Å². The lowest BCUT2D eigenvalue weighted by Gasteiger charge is -1.95. The summed E-state index contributed by atoms with van der Waals surface area (Å²) in [5, 5.41) is 0. The first kappa shape index (κ1) is 24.0. The number of nitrogens with one attached hydrogen (secondary N) is 3. The van der Waals surface area contributed by atoms with E-state index in [4.69, 9.17) is 0 Å². The number of imidazole rings is 3. The van der Waals surface area contributed by atoms with E-state index in [-0.39, 0.29) is 0 Å². The zero-order valence-electron chi connectivity index (χ0n) is 21.5. The molecule has 0 saturated heterocycles. The van der Waals surface area contributed by atoms with Crippen molar-refractivity contribution in [1.29, 1.82) is 0 Å². The van der Waals surface area contributed by atoms with Crippen molar-refractivity contribution >= 4 is 33.4 Å². The molecule has 9 nitrogen and oxygen atoms in total. The Hall–Kier alpha value is -4.14. The van der Waals surface area contributed by atoms with Crippen molar-refractivity contribution in [3.05, 3.63) is 70.1 Å². The first-order valence-corrected chi connectivity index (χ1v) is 11.5. The van der Waals surface area contributed by atoms with Crippen LogP contribution >= 0.6 is 0 Å².